The molecule has 0 aliphatic carbocycles. The van der Waals surface area contributed by atoms with Gasteiger partial charge in [-0.05, 0) is 87.2 Å². The molecular weight excluding hydrogens is 384 g/mol. The van der Waals surface area contributed by atoms with Crippen LogP contribution < -0.4 is 9.47 Å². The van der Waals surface area contributed by atoms with Gasteiger partial charge in [-0.2, -0.15) is 0 Å². The molecule has 0 saturated carbocycles. The molecule has 0 atom stereocenters. The van der Waals surface area contributed by atoms with Crippen LogP contribution >= 0.6 is 11.6 Å². The standard InChI is InChI=1S/C25H25ClO3/c1-6-28-21-12-10-15(2)17(4)23(21)24-18(5)16(3)11-13-22(24)29-25(27)19-8-7-9-20(26)14-19/h7-14H,6H2,1-5H3. The van der Waals surface area contributed by atoms with Crippen molar-refractivity contribution in [3.05, 3.63) is 81.4 Å². The van der Waals surface area contributed by atoms with Gasteiger partial charge in [0.15, 0.2) is 0 Å². The topological polar surface area (TPSA) is 35.5 Å². The van der Waals surface area contributed by atoms with Crippen molar-refractivity contribution in [3.63, 3.8) is 0 Å². The molecule has 3 aromatic carbocycles. The predicted molar refractivity (Wildman–Crippen MR) is 118 cm³/mol. The predicted octanol–water partition coefficient (Wildman–Crippen LogP) is 6.86. The normalized spacial score (nSPS) is 10.7. The van der Waals surface area contributed by atoms with Crippen LogP contribution in [0.25, 0.3) is 11.1 Å². The Kier molecular flexibility index (Phi) is 6.29. The molecule has 0 unspecified atom stereocenters. The minimum atomic E-state index is -0.444. The fraction of sp³-hybridized carbons (Fsp3) is 0.240. The summed E-state index contributed by atoms with van der Waals surface area (Å²) in [6.07, 6.45) is 0. The van der Waals surface area contributed by atoms with Crippen LogP contribution in [0.5, 0.6) is 11.5 Å². The van der Waals surface area contributed by atoms with Gasteiger partial charge in [0.2, 0.25) is 0 Å². The van der Waals surface area contributed by atoms with Gasteiger partial charge in [-0.15, -0.1) is 0 Å². The molecule has 29 heavy (non-hydrogen) atoms. The number of benzene rings is 3. The zero-order chi connectivity index (χ0) is 21.1. The quantitative estimate of drug-likeness (QED) is 0.341. The Morgan fingerprint density at radius 3 is 2.03 bits per heavy atom. The lowest BCUT2D eigenvalue weighted by Crippen LogP contribution is -2.10. The third-order valence-corrected chi connectivity index (χ3v) is 5.44. The van der Waals surface area contributed by atoms with Crippen molar-refractivity contribution in [2.45, 2.75) is 34.6 Å². The lowest BCUT2D eigenvalue weighted by Gasteiger charge is -2.20. The molecule has 0 aliphatic heterocycles. The van der Waals surface area contributed by atoms with Crippen LogP contribution in [0.4, 0.5) is 0 Å². The van der Waals surface area contributed by atoms with Gasteiger partial charge < -0.3 is 9.47 Å². The molecule has 0 heterocycles. The fourth-order valence-corrected chi connectivity index (χ4v) is 3.53. The Hall–Kier alpha value is -2.78. The molecule has 3 rings (SSSR count). The van der Waals surface area contributed by atoms with Crippen LogP contribution in [0, 0.1) is 27.7 Å². The summed E-state index contributed by atoms with van der Waals surface area (Å²) in [6.45, 7) is 10.7. The third kappa shape index (κ3) is 4.30. The van der Waals surface area contributed by atoms with Crippen LogP contribution in [0.3, 0.4) is 0 Å². The van der Waals surface area contributed by atoms with E-state index in [1.807, 2.05) is 45.0 Å². The lowest BCUT2D eigenvalue weighted by molar-refractivity contribution is 0.0735. The van der Waals surface area contributed by atoms with Crippen LogP contribution in [0.1, 0.15) is 39.5 Å². The van der Waals surface area contributed by atoms with Crippen molar-refractivity contribution in [1.29, 1.82) is 0 Å². The number of esters is 1. The van der Waals surface area contributed by atoms with E-state index in [9.17, 15) is 4.79 Å². The molecule has 0 bridgehead atoms. The number of hydrogen-bond acceptors (Lipinski definition) is 3. The SMILES string of the molecule is CCOc1ccc(C)c(C)c1-c1c(OC(=O)c2cccc(Cl)c2)ccc(C)c1C. The van der Waals surface area contributed by atoms with Crippen LogP contribution in [0.2, 0.25) is 5.02 Å². The van der Waals surface area contributed by atoms with Gasteiger partial charge in [0.25, 0.3) is 0 Å². The minimum absolute atomic E-state index is 0.410. The fourth-order valence-electron chi connectivity index (χ4n) is 3.34. The molecule has 0 saturated heterocycles. The molecule has 0 amide bonds. The second-order valence-corrected chi connectivity index (χ2v) is 7.53. The maximum absolute atomic E-state index is 12.8. The monoisotopic (exact) mass is 408 g/mol. The van der Waals surface area contributed by atoms with E-state index in [0.29, 0.717) is 22.9 Å². The zero-order valence-electron chi connectivity index (χ0n) is 17.4. The molecule has 4 heteroatoms. The average molecular weight is 409 g/mol. The van der Waals surface area contributed by atoms with E-state index in [0.717, 1.165) is 39.1 Å². The molecule has 150 valence electrons. The van der Waals surface area contributed by atoms with Crippen molar-refractivity contribution in [2.24, 2.45) is 0 Å². The number of halogens is 1. The number of carbonyl (C=O) groups is 1. The minimum Gasteiger partial charge on any atom is -0.493 e. The Bertz CT molecular complexity index is 1070. The number of ether oxygens (including phenoxy) is 2. The first kappa shape index (κ1) is 20.9. The van der Waals surface area contributed by atoms with E-state index < -0.39 is 5.97 Å². The van der Waals surface area contributed by atoms with E-state index >= 15 is 0 Å². The van der Waals surface area contributed by atoms with Gasteiger partial charge in [0.05, 0.1) is 12.2 Å². The van der Waals surface area contributed by atoms with Crippen molar-refractivity contribution in [1.82, 2.24) is 0 Å². The van der Waals surface area contributed by atoms with Crippen molar-refractivity contribution < 1.29 is 14.3 Å². The second-order valence-electron chi connectivity index (χ2n) is 7.09. The highest BCUT2D eigenvalue weighted by molar-refractivity contribution is 6.30. The van der Waals surface area contributed by atoms with Gasteiger partial charge in [0, 0.05) is 16.1 Å². The maximum Gasteiger partial charge on any atom is 0.343 e. The summed E-state index contributed by atoms with van der Waals surface area (Å²) in [4.78, 5) is 12.8. The summed E-state index contributed by atoms with van der Waals surface area (Å²) < 4.78 is 11.8. The highest BCUT2D eigenvalue weighted by Crippen LogP contribution is 2.43. The number of hydrogen-bond donors (Lipinski definition) is 0. The van der Waals surface area contributed by atoms with Crippen LogP contribution in [-0.4, -0.2) is 12.6 Å². The third-order valence-electron chi connectivity index (χ3n) is 5.21. The summed E-state index contributed by atoms with van der Waals surface area (Å²) in [5.41, 5.74) is 6.67. The highest BCUT2D eigenvalue weighted by atomic mass is 35.5. The average Bonchev–Trinajstić information content (AvgIpc) is 2.69. The molecule has 0 aliphatic rings. The molecule has 0 N–H and O–H groups in total. The van der Waals surface area contributed by atoms with Crippen LogP contribution in [0.15, 0.2) is 48.5 Å². The Balaban J connectivity index is 2.17. The largest absolute Gasteiger partial charge is 0.493 e. The summed E-state index contributed by atoms with van der Waals surface area (Å²) in [7, 11) is 0. The number of carbonyl (C=O) groups excluding carboxylic acids is 1. The van der Waals surface area contributed by atoms with Gasteiger partial charge >= 0.3 is 5.97 Å². The van der Waals surface area contributed by atoms with E-state index in [1.54, 1.807) is 24.3 Å². The van der Waals surface area contributed by atoms with Gasteiger partial charge in [-0.25, -0.2) is 4.79 Å². The molecule has 3 nitrogen and oxygen atoms in total. The van der Waals surface area contributed by atoms with Gasteiger partial charge in [0.1, 0.15) is 11.5 Å². The first-order valence-corrected chi connectivity index (χ1v) is 10.0. The van der Waals surface area contributed by atoms with E-state index in [1.165, 1.54) is 0 Å². The maximum atomic E-state index is 12.8. The highest BCUT2D eigenvalue weighted by Gasteiger charge is 2.21. The Morgan fingerprint density at radius 1 is 0.862 bits per heavy atom. The van der Waals surface area contributed by atoms with Crippen molar-refractivity contribution in [3.8, 4) is 22.6 Å². The lowest BCUT2D eigenvalue weighted by atomic mass is 9.90. The van der Waals surface area contributed by atoms with Gasteiger partial charge in [-0.1, -0.05) is 29.8 Å². The van der Waals surface area contributed by atoms with Crippen molar-refractivity contribution >= 4 is 17.6 Å². The van der Waals surface area contributed by atoms with E-state index in [4.69, 9.17) is 21.1 Å². The summed E-state index contributed by atoms with van der Waals surface area (Å²) >= 11 is 6.03. The van der Waals surface area contributed by atoms with Gasteiger partial charge in [-0.3, -0.25) is 0 Å². The summed E-state index contributed by atoms with van der Waals surface area (Å²) in [6, 6.07) is 14.6. The van der Waals surface area contributed by atoms with E-state index in [-0.39, 0.29) is 0 Å². The summed E-state index contributed by atoms with van der Waals surface area (Å²) in [5, 5.41) is 0.493. The van der Waals surface area contributed by atoms with Crippen LogP contribution in [-0.2, 0) is 0 Å². The summed E-state index contributed by atoms with van der Waals surface area (Å²) in [5.74, 6) is 0.845. The zero-order valence-corrected chi connectivity index (χ0v) is 18.2. The second kappa shape index (κ2) is 8.71. The molecule has 0 fully saturated rings. The first-order valence-electron chi connectivity index (χ1n) is 9.64. The van der Waals surface area contributed by atoms with Crippen molar-refractivity contribution in [2.75, 3.05) is 6.61 Å². The molecule has 0 radical (unpaired) electrons. The Labute approximate surface area is 177 Å². The molecular formula is C25H25ClO3. The Morgan fingerprint density at radius 2 is 1.45 bits per heavy atom. The number of rotatable bonds is 5. The molecule has 0 aromatic heterocycles. The number of aryl methyl sites for hydroxylation is 2. The first-order chi connectivity index (χ1) is 13.8. The molecule has 3 aromatic rings. The molecule has 0 spiro atoms. The smallest absolute Gasteiger partial charge is 0.343 e. The van der Waals surface area contributed by atoms with E-state index in [2.05, 4.69) is 13.8 Å².